The maximum atomic E-state index is 11.6. The molecule has 5 heteroatoms. The standard InChI is InChI=1S/C11H24N4O/c1-4-14-9(5-6-15-11(12)13)7-10(16)8(2)3/h8-9,14H,4-7H2,1-3H3,(H4,12,13,15). The Balaban J connectivity index is 4.06. The van der Waals surface area contributed by atoms with E-state index in [1.54, 1.807) is 0 Å². The van der Waals surface area contributed by atoms with Crippen molar-refractivity contribution in [2.24, 2.45) is 22.4 Å². The van der Waals surface area contributed by atoms with Gasteiger partial charge in [-0.15, -0.1) is 0 Å². The Kier molecular flexibility index (Phi) is 7.54. The van der Waals surface area contributed by atoms with Gasteiger partial charge >= 0.3 is 0 Å². The van der Waals surface area contributed by atoms with Crippen LogP contribution in [0.3, 0.4) is 0 Å². The van der Waals surface area contributed by atoms with Gasteiger partial charge in [0.05, 0.1) is 0 Å². The third-order valence-electron chi connectivity index (χ3n) is 2.36. The highest BCUT2D eigenvalue weighted by atomic mass is 16.1. The molecule has 0 aliphatic carbocycles. The first kappa shape index (κ1) is 14.9. The number of guanidine groups is 1. The fraction of sp³-hybridized carbons (Fsp3) is 0.818. The van der Waals surface area contributed by atoms with E-state index in [2.05, 4.69) is 10.3 Å². The molecular weight excluding hydrogens is 204 g/mol. The van der Waals surface area contributed by atoms with Crippen LogP contribution >= 0.6 is 0 Å². The van der Waals surface area contributed by atoms with Crippen molar-refractivity contribution in [2.75, 3.05) is 13.1 Å². The number of carbonyl (C=O) groups excluding carboxylic acids is 1. The van der Waals surface area contributed by atoms with Crippen molar-refractivity contribution in [1.29, 1.82) is 0 Å². The Morgan fingerprint density at radius 1 is 1.38 bits per heavy atom. The minimum Gasteiger partial charge on any atom is -0.370 e. The van der Waals surface area contributed by atoms with Gasteiger partial charge in [-0.1, -0.05) is 20.8 Å². The zero-order valence-corrected chi connectivity index (χ0v) is 10.5. The summed E-state index contributed by atoms with van der Waals surface area (Å²) >= 11 is 0. The Morgan fingerprint density at radius 3 is 2.44 bits per heavy atom. The Hall–Kier alpha value is -1.10. The summed E-state index contributed by atoms with van der Waals surface area (Å²) in [5.74, 6) is 0.463. The normalized spacial score (nSPS) is 12.5. The highest BCUT2D eigenvalue weighted by Crippen LogP contribution is 2.05. The lowest BCUT2D eigenvalue weighted by Crippen LogP contribution is -2.33. The van der Waals surface area contributed by atoms with Gasteiger partial charge in [0.25, 0.3) is 0 Å². The fourth-order valence-electron chi connectivity index (χ4n) is 1.39. The Labute approximate surface area is 97.7 Å². The predicted molar refractivity (Wildman–Crippen MR) is 67.2 cm³/mol. The number of hydrogen-bond donors (Lipinski definition) is 3. The van der Waals surface area contributed by atoms with Crippen LogP contribution in [0.2, 0.25) is 0 Å². The van der Waals surface area contributed by atoms with Gasteiger partial charge in [0.15, 0.2) is 5.96 Å². The largest absolute Gasteiger partial charge is 0.370 e. The van der Waals surface area contributed by atoms with Gasteiger partial charge in [-0.3, -0.25) is 9.79 Å². The van der Waals surface area contributed by atoms with Gasteiger partial charge in [-0.05, 0) is 13.0 Å². The topological polar surface area (TPSA) is 93.5 Å². The van der Waals surface area contributed by atoms with Crippen LogP contribution in [0.4, 0.5) is 0 Å². The van der Waals surface area contributed by atoms with Gasteiger partial charge in [0.2, 0.25) is 0 Å². The van der Waals surface area contributed by atoms with Crippen LogP contribution < -0.4 is 16.8 Å². The number of ketones is 1. The van der Waals surface area contributed by atoms with E-state index in [4.69, 9.17) is 11.5 Å². The zero-order valence-electron chi connectivity index (χ0n) is 10.5. The smallest absolute Gasteiger partial charge is 0.185 e. The molecule has 1 unspecified atom stereocenters. The molecule has 0 rings (SSSR count). The first-order valence-electron chi connectivity index (χ1n) is 5.78. The van der Waals surface area contributed by atoms with Crippen LogP contribution in [0.25, 0.3) is 0 Å². The second-order valence-corrected chi connectivity index (χ2v) is 4.17. The van der Waals surface area contributed by atoms with E-state index in [1.807, 2.05) is 20.8 Å². The summed E-state index contributed by atoms with van der Waals surface area (Å²) in [6, 6.07) is 0.169. The fourth-order valence-corrected chi connectivity index (χ4v) is 1.39. The molecule has 0 heterocycles. The molecule has 0 fully saturated rings. The predicted octanol–water partition coefficient (Wildman–Crippen LogP) is 0.243. The minimum absolute atomic E-state index is 0.0873. The number of nitrogens with one attached hydrogen (secondary N) is 1. The summed E-state index contributed by atoms with van der Waals surface area (Å²) in [5.41, 5.74) is 10.5. The lowest BCUT2D eigenvalue weighted by atomic mass is 10.00. The summed E-state index contributed by atoms with van der Waals surface area (Å²) in [4.78, 5) is 15.5. The third kappa shape index (κ3) is 7.23. The van der Waals surface area contributed by atoms with E-state index in [-0.39, 0.29) is 23.7 Å². The van der Waals surface area contributed by atoms with Crippen LogP contribution in [0.5, 0.6) is 0 Å². The molecule has 0 aromatic heterocycles. The Bertz CT molecular complexity index is 234. The summed E-state index contributed by atoms with van der Waals surface area (Å²) in [5, 5.41) is 3.27. The van der Waals surface area contributed by atoms with Crippen molar-refractivity contribution in [3.63, 3.8) is 0 Å². The second-order valence-electron chi connectivity index (χ2n) is 4.17. The Morgan fingerprint density at radius 2 is 2.00 bits per heavy atom. The molecule has 94 valence electrons. The average molecular weight is 228 g/mol. The van der Waals surface area contributed by atoms with Crippen molar-refractivity contribution in [3.8, 4) is 0 Å². The number of Topliss-reactive ketones (excluding diaryl/α,β-unsaturated/α-hetero) is 1. The number of aliphatic imine (C=N–C) groups is 1. The zero-order chi connectivity index (χ0) is 12.6. The first-order valence-corrected chi connectivity index (χ1v) is 5.78. The third-order valence-corrected chi connectivity index (χ3v) is 2.36. The van der Waals surface area contributed by atoms with E-state index in [1.165, 1.54) is 0 Å². The van der Waals surface area contributed by atoms with E-state index in [0.717, 1.165) is 13.0 Å². The molecule has 0 radical (unpaired) electrons. The van der Waals surface area contributed by atoms with Gasteiger partial charge in [0.1, 0.15) is 5.78 Å². The SMILES string of the molecule is CCNC(CCN=C(N)N)CC(=O)C(C)C. The summed E-state index contributed by atoms with van der Waals surface area (Å²) < 4.78 is 0. The molecule has 5 N–H and O–H groups in total. The van der Waals surface area contributed by atoms with Crippen molar-refractivity contribution in [2.45, 2.75) is 39.7 Å². The molecule has 0 spiro atoms. The molecule has 0 aromatic rings. The molecule has 0 aliphatic rings. The van der Waals surface area contributed by atoms with Crippen LogP contribution in [-0.2, 0) is 4.79 Å². The van der Waals surface area contributed by atoms with Gasteiger partial charge in [0, 0.05) is 24.9 Å². The highest BCUT2D eigenvalue weighted by molar-refractivity contribution is 5.80. The lowest BCUT2D eigenvalue weighted by molar-refractivity contribution is -0.122. The average Bonchev–Trinajstić information content (AvgIpc) is 2.17. The van der Waals surface area contributed by atoms with Crippen molar-refractivity contribution in [3.05, 3.63) is 0 Å². The molecule has 0 aliphatic heterocycles. The lowest BCUT2D eigenvalue weighted by Gasteiger charge is -2.17. The summed E-state index contributed by atoms with van der Waals surface area (Å²) in [7, 11) is 0. The van der Waals surface area contributed by atoms with Gasteiger partial charge in [-0.2, -0.15) is 0 Å². The summed E-state index contributed by atoms with van der Waals surface area (Å²) in [6.45, 7) is 7.26. The van der Waals surface area contributed by atoms with E-state index < -0.39 is 0 Å². The van der Waals surface area contributed by atoms with E-state index >= 15 is 0 Å². The van der Waals surface area contributed by atoms with Crippen LogP contribution in [0, 0.1) is 5.92 Å². The van der Waals surface area contributed by atoms with Crippen molar-refractivity contribution >= 4 is 11.7 Å². The maximum absolute atomic E-state index is 11.6. The van der Waals surface area contributed by atoms with Gasteiger partial charge in [-0.25, -0.2) is 0 Å². The quantitative estimate of drug-likeness (QED) is 0.410. The number of nitrogens with zero attached hydrogens (tertiary/aromatic N) is 1. The van der Waals surface area contributed by atoms with Gasteiger partial charge < -0.3 is 16.8 Å². The molecule has 0 saturated heterocycles. The summed E-state index contributed by atoms with van der Waals surface area (Å²) in [6.07, 6.45) is 1.33. The molecule has 5 nitrogen and oxygen atoms in total. The molecule has 0 bridgehead atoms. The first-order chi connectivity index (χ1) is 7.47. The molecule has 0 aromatic carbocycles. The van der Waals surface area contributed by atoms with E-state index in [0.29, 0.717) is 13.0 Å². The van der Waals surface area contributed by atoms with Crippen molar-refractivity contribution in [1.82, 2.24) is 5.32 Å². The van der Waals surface area contributed by atoms with Crippen LogP contribution in [0.15, 0.2) is 4.99 Å². The maximum Gasteiger partial charge on any atom is 0.185 e. The number of nitrogens with two attached hydrogens (primary N) is 2. The number of rotatable bonds is 8. The monoisotopic (exact) mass is 228 g/mol. The highest BCUT2D eigenvalue weighted by Gasteiger charge is 2.14. The van der Waals surface area contributed by atoms with Crippen LogP contribution in [0.1, 0.15) is 33.6 Å². The second kappa shape index (κ2) is 8.10. The number of carbonyl (C=O) groups is 1. The molecule has 1 atom stereocenters. The van der Waals surface area contributed by atoms with Crippen LogP contribution in [-0.4, -0.2) is 30.9 Å². The molecule has 0 amide bonds. The molecule has 0 saturated carbocycles. The van der Waals surface area contributed by atoms with Crippen molar-refractivity contribution < 1.29 is 4.79 Å². The van der Waals surface area contributed by atoms with E-state index in [9.17, 15) is 4.79 Å². The number of hydrogen-bond acceptors (Lipinski definition) is 3. The molecular formula is C11H24N4O. The minimum atomic E-state index is 0.0873. The molecule has 16 heavy (non-hydrogen) atoms.